The van der Waals surface area contributed by atoms with Crippen LogP contribution in [0.5, 0.6) is 11.5 Å². The van der Waals surface area contributed by atoms with E-state index >= 15 is 0 Å². The average Bonchev–Trinajstić information content (AvgIpc) is 2.10. The molecule has 0 unspecified atom stereocenters. The molecule has 0 aliphatic rings. The summed E-state index contributed by atoms with van der Waals surface area (Å²) in [5, 5.41) is 9.56. The number of phenolic OH excluding ortho intramolecular Hbond substituents is 1. The SMILES string of the molecule is COc1cc(O)c(CC(C)=O)cc1C. The monoisotopic (exact) mass is 194 g/mol. The second-order valence-corrected chi connectivity index (χ2v) is 3.33. The van der Waals surface area contributed by atoms with Gasteiger partial charge in [0.25, 0.3) is 0 Å². The number of ketones is 1. The highest BCUT2D eigenvalue weighted by molar-refractivity contribution is 5.79. The Morgan fingerprint density at radius 3 is 2.64 bits per heavy atom. The third kappa shape index (κ3) is 2.25. The number of phenols is 1. The maximum atomic E-state index is 10.9. The zero-order valence-electron chi connectivity index (χ0n) is 8.63. The van der Waals surface area contributed by atoms with E-state index in [2.05, 4.69) is 0 Å². The third-order valence-electron chi connectivity index (χ3n) is 2.04. The summed E-state index contributed by atoms with van der Waals surface area (Å²) in [6.45, 7) is 3.38. The van der Waals surface area contributed by atoms with Gasteiger partial charge in [0.15, 0.2) is 0 Å². The van der Waals surface area contributed by atoms with Gasteiger partial charge in [-0.15, -0.1) is 0 Å². The topological polar surface area (TPSA) is 46.5 Å². The highest BCUT2D eigenvalue weighted by Gasteiger charge is 2.08. The fourth-order valence-corrected chi connectivity index (χ4v) is 1.37. The van der Waals surface area contributed by atoms with Crippen molar-refractivity contribution in [3.05, 3.63) is 23.3 Å². The molecule has 76 valence electrons. The van der Waals surface area contributed by atoms with Gasteiger partial charge >= 0.3 is 0 Å². The molecule has 1 aromatic carbocycles. The van der Waals surface area contributed by atoms with Crippen LogP contribution in [0.4, 0.5) is 0 Å². The van der Waals surface area contributed by atoms with Gasteiger partial charge in [0.2, 0.25) is 0 Å². The first-order valence-electron chi connectivity index (χ1n) is 4.40. The molecule has 3 heteroatoms. The number of benzene rings is 1. The van der Waals surface area contributed by atoms with Crippen molar-refractivity contribution >= 4 is 5.78 Å². The number of aromatic hydroxyl groups is 1. The molecular formula is C11H14O3. The standard InChI is InChI=1S/C11H14O3/c1-7-4-9(5-8(2)12)10(13)6-11(7)14-3/h4,6,13H,5H2,1-3H3. The van der Waals surface area contributed by atoms with Gasteiger partial charge in [-0.2, -0.15) is 0 Å². The van der Waals surface area contributed by atoms with Crippen molar-refractivity contribution in [1.82, 2.24) is 0 Å². The molecule has 3 nitrogen and oxygen atoms in total. The summed E-state index contributed by atoms with van der Waals surface area (Å²) in [5.74, 6) is 0.780. The van der Waals surface area contributed by atoms with Crippen molar-refractivity contribution in [3.63, 3.8) is 0 Å². The van der Waals surface area contributed by atoms with Crippen molar-refractivity contribution in [2.24, 2.45) is 0 Å². The normalized spacial score (nSPS) is 9.93. The first kappa shape index (κ1) is 10.6. The first-order chi connectivity index (χ1) is 6.54. The highest BCUT2D eigenvalue weighted by atomic mass is 16.5. The molecule has 0 aromatic heterocycles. The predicted octanol–water partition coefficient (Wildman–Crippen LogP) is 1.84. The lowest BCUT2D eigenvalue weighted by molar-refractivity contribution is -0.116. The van der Waals surface area contributed by atoms with Gasteiger partial charge < -0.3 is 9.84 Å². The second-order valence-electron chi connectivity index (χ2n) is 3.33. The largest absolute Gasteiger partial charge is 0.508 e. The Morgan fingerprint density at radius 2 is 2.14 bits per heavy atom. The molecular weight excluding hydrogens is 180 g/mol. The van der Waals surface area contributed by atoms with Gasteiger partial charge in [-0.1, -0.05) is 0 Å². The number of hydrogen-bond donors (Lipinski definition) is 1. The molecule has 1 aromatic rings. The van der Waals surface area contributed by atoms with E-state index in [1.54, 1.807) is 13.2 Å². The molecule has 0 aliphatic carbocycles. The lowest BCUT2D eigenvalue weighted by Gasteiger charge is -2.08. The summed E-state index contributed by atoms with van der Waals surface area (Å²) in [6, 6.07) is 3.31. The van der Waals surface area contributed by atoms with E-state index in [-0.39, 0.29) is 18.0 Å². The number of aryl methyl sites for hydroxylation is 1. The molecule has 0 aliphatic heterocycles. The number of hydrogen-bond acceptors (Lipinski definition) is 3. The van der Waals surface area contributed by atoms with Crippen molar-refractivity contribution < 1.29 is 14.6 Å². The lowest BCUT2D eigenvalue weighted by Crippen LogP contribution is -1.98. The summed E-state index contributed by atoms with van der Waals surface area (Å²) < 4.78 is 5.04. The average molecular weight is 194 g/mol. The van der Waals surface area contributed by atoms with Crippen LogP contribution in [0.25, 0.3) is 0 Å². The van der Waals surface area contributed by atoms with Crippen LogP contribution in [0.2, 0.25) is 0 Å². The van der Waals surface area contributed by atoms with E-state index in [1.165, 1.54) is 13.0 Å². The molecule has 0 atom stereocenters. The molecule has 0 saturated heterocycles. The molecule has 0 fully saturated rings. The smallest absolute Gasteiger partial charge is 0.134 e. The second kappa shape index (κ2) is 4.13. The quantitative estimate of drug-likeness (QED) is 0.798. The fourth-order valence-electron chi connectivity index (χ4n) is 1.37. The highest BCUT2D eigenvalue weighted by Crippen LogP contribution is 2.27. The van der Waals surface area contributed by atoms with Gasteiger partial charge in [-0.3, -0.25) is 4.79 Å². The Balaban J connectivity index is 3.08. The minimum atomic E-state index is 0.0323. The Kier molecular flexibility index (Phi) is 3.12. The van der Waals surface area contributed by atoms with Gasteiger partial charge in [-0.25, -0.2) is 0 Å². The van der Waals surface area contributed by atoms with E-state index in [1.807, 2.05) is 6.92 Å². The predicted molar refractivity (Wildman–Crippen MR) is 53.8 cm³/mol. The Bertz CT molecular complexity index is 356. The fraction of sp³-hybridized carbons (Fsp3) is 0.364. The van der Waals surface area contributed by atoms with E-state index in [4.69, 9.17) is 4.74 Å². The van der Waals surface area contributed by atoms with Crippen LogP contribution in [0.15, 0.2) is 12.1 Å². The number of carbonyl (C=O) groups excluding carboxylic acids is 1. The lowest BCUT2D eigenvalue weighted by atomic mass is 10.0. The van der Waals surface area contributed by atoms with E-state index < -0.39 is 0 Å². The number of methoxy groups -OCH3 is 1. The van der Waals surface area contributed by atoms with Crippen LogP contribution in [-0.2, 0) is 11.2 Å². The van der Waals surface area contributed by atoms with Crippen LogP contribution in [-0.4, -0.2) is 18.0 Å². The van der Waals surface area contributed by atoms with Crippen LogP contribution >= 0.6 is 0 Å². The summed E-state index contributed by atoms with van der Waals surface area (Å²) in [5.41, 5.74) is 1.57. The summed E-state index contributed by atoms with van der Waals surface area (Å²) in [4.78, 5) is 10.9. The first-order valence-corrected chi connectivity index (χ1v) is 4.40. The number of carbonyl (C=O) groups is 1. The van der Waals surface area contributed by atoms with Gasteiger partial charge in [0.05, 0.1) is 7.11 Å². The maximum Gasteiger partial charge on any atom is 0.134 e. The summed E-state index contributed by atoms with van der Waals surface area (Å²) >= 11 is 0. The van der Waals surface area contributed by atoms with E-state index in [0.717, 1.165) is 5.56 Å². The Hall–Kier alpha value is -1.51. The summed E-state index contributed by atoms with van der Waals surface area (Å²) in [7, 11) is 1.55. The van der Waals surface area contributed by atoms with E-state index in [9.17, 15) is 9.90 Å². The molecule has 0 spiro atoms. The molecule has 0 amide bonds. The molecule has 0 heterocycles. The Morgan fingerprint density at radius 1 is 1.50 bits per heavy atom. The maximum absolute atomic E-state index is 10.9. The number of rotatable bonds is 3. The van der Waals surface area contributed by atoms with Gasteiger partial charge in [-0.05, 0) is 25.5 Å². The van der Waals surface area contributed by atoms with Crippen molar-refractivity contribution in [2.75, 3.05) is 7.11 Å². The van der Waals surface area contributed by atoms with E-state index in [0.29, 0.717) is 11.3 Å². The van der Waals surface area contributed by atoms with Crippen LogP contribution in [0.3, 0.4) is 0 Å². The summed E-state index contributed by atoms with van der Waals surface area (Å²) in [6.07, 6.45) is 0.261. The van der Waals surface area contributed by atoms with Crippen LogP contribution < -0.4 is 4.74 Å². The minimum absolute atomic E-state index is 0.0323. The van der Waals surface area contributed by atoms with Crippen molar-refractivity contribution in [1.29, 1.82) is 0 Å². The zero-order chi connectivity index (χ0) is 10.7. The van der Waals surface area contributed by atoms with Crippen molar-refractivity contribution in [2.45, 2.75) is 20.3 Å². The molecule has 0 saturated carbocycles. The third-order valence-corrected chi connectivity index (χ3v) is 2.04. The molecule has 0 bridgehead atoms. The molecule has 0 radical (unpaired) electrons. The Labute approximate surface area is 83.3 Å². The molecule has 1 N–H and O–H groups in total. The van der Waals surface area contributed by atoms with Crippen LogP contribution in [0, 0.1) is 6.92 Å². The van der Waals surface area contributed by atoms with Gasteiger partial charge in [0, 0.05) is 18.1 Å². The number of Topliss-reactive ketones (excluding diaryl/α,β-unsaturated/α-hetero) is 1. The number of ether oxygens (including phenoxy) is 1. The molecule has 14 heavy (non-hydrogen) atoms. The minimum Gasteiger partial charge on any atom is -0.508 e. The van der Waals surface area contributed by atoms with Gasteiger partial charge in [0.1, 0.15) is 17.3 Å². The zero-order valence-corrected chi connectivity index (χ0v) is 8.63. The van der Waals surface area contributed by atoms with Crippen molar-refractivity contribution in [3.8, 4) is 11.5 Å². The molecule has 1 rings (SSSR count). The van der Waals surface area contributed by atoms with Crippen LogP contribution in [0.1, 0.15) is 18.1 Å².